The molecular formula is C15H26N4. The van der Waals surface area contributed by atoms with Crippen LogP contribution in [0.4, 0.5) is 11.6 Å². The zero-order valence-corrected chi connectivity index (χ0v) is 12.4. The van der Waals surface area contributed by atoms with Gasteiger partial charge < -0.3 is 10.6 Å². The lowest BCUT2D eigenvalue weighted by Gasteiger charge is -2.35. The van der Waals surface area contributed by atoms with Crippen LogP contribution in [0.25, 0.3) is 0 Å². The lowest BCUT2D eigenvalue weighted by atomic mass is 9.86. The highest BCUT2D eigenvalue weighted by molar-refractivity contribution is 5.56. The predicted octanol–water partition coefficient (Wildman–Crippen LogP) is 3.03. The highest BCUT2D eigenvalue weighted by Crippen LogP contribution is 2.31. The van der Waals surface area contributed by atoms with E-state index in [2.05, 4.69) is 35.8 Å². The molecule has 2 rings (SSSR count). The summed E-state index contributed by atoms with van der Waals surface area (Å²) in [6, 6.07) is 0.591. The van der Waals surface area contributed by atoms with Gasteiger partial charge in [0.25, 0.3) is 0 Å². The van der Waals surface area contributed by atoms with E-state index < -0.39 is 0 Å². The first-order valence-corrected chi connectivity index (χ1v) is 7.45. The number of nitrogen functional groups attached to an aromatic ring is 1. The summed E-state index contributed by atoms with van der Waals surface area (Å²) >= 11 is 0. The summed E-state index contributed by atoms with van der Waals surface area (Å²) in [6.45, 7) is 4.51. The van der Waals surface area contributed by atoms with Gasteiger partial charge in [-0.15, -0.1) is 0 Å². The highest BCUT2D eigenvalue weighted by atomic mass is 15.2. The van der Waals surface area contributed by atoms with E-state index in [1.54, 1.807) is 6.33 Å². The second-order valence-electron chi connectivity index (χ2n) is 5.85. The third kappa shape index (κ3) is 3.17. The number of aromatic nitrogens is 2. The molecular weight excluding hydrogens is 236 g/mol. The molecule has 1 fully saturated rings. The van der Waals surface area contributed by atoms with Crippen molar-refractivity contribution in [2.75, 3.05) is 17.7 Å². The first kappa shape index (κ1) is 14.1. The van der Waals surface area contributed by atoms with Crippen LogP contribution in [0.2, 0.25) is 0 Å². The third-order valence-corrected chi connectivity index (χ3v) is 4.25. The molecule has 0 amide bonds. The Morgan fingerprint density at radius 1 is 1.37 bits per heavy atom. The Morgan fingerprint density at radius 2 is 2.16 bits per heavy atom. The molecule has 19 heavy (non-hydrogen) atoms. The summed E-state index contributed by atoms with van der Waals surface area (Å²) < 4.78 is 0. The van der Waals surface area contributed by atoms with Crippen molar-refractivity contribution >= 4 is 11.6 Å². The van der Waals surface area contributed by atoms with Crippen molar-refractivity contribution in [3.63, 3.8) is 0 Å². The Labute approximate surface area is 116 Å². The van der Waals surface area contributed by atoms with Gasteiger partial charge in [0.2, 0.25) is 0 Å². The third-order valence-electron chi connectivity index (χ3n) is 4.25. The van der Waals surface area contributed by atoms with E-state index >= 15 is 0 Å². The number of nitrogens with two attached hydrogens (primary N) is 1. The lowest BCUT2D eigenvalue weighted by molar-refractivity contribution is 0.335. The number of hydrogen-bond donors (Lipinski definition) is 1. The average molecular weight is 262 g/mol. The summed E-state index contributed by atoms with van der Waals surface area (Å²) in [5.41, 5.74) is 7.14. The van der Waals surface area contributed by atoms with E-state index in [0.717, 1.165) is 30.1 Å². The van der Waals surface area contributed by atoms with Gasteiger partial charge in [-0.1, -0.05) is 33.1 Å². The molecule has 0 bridgehead atoms. The Balaban J connectivity index is 2.22. The summed E-state index contributed by atoms with van der Waals surface area (Å²) in [6.07, 6.45) is 8.81. The summed E-state index contributed by atoms with van der Waals surface area (Å²) in [4.78, 5) is 11.0. The van der Waals surface area contributed by atoms with E-state index in [0.29, 0.717) is 11.9 Å². The molecule has 2 N–H and O–H groups in total. The molecule has 1 aromatic rings. The fourth-order valence-corrected chi connectivity index (χ4v) is 3.14. The molecule has 4 heteroatoms. The van der Waals surface area contributed by atoms with Crippen LogP contribution in [0, 0.1) is 5.92 Å². The topological polar surface area (TPSA) is 55.0 Å². The van der Waals surface area contributed by atoms with Crippen LogP contribution in [0.1, 0.15) is 51.5 Å². The highest BCUT2D eigenvalue weighted by Gasteiger charge is 2.25. The molecule has 0 radical (unpaired) electrons. The molecule has 1 heterocycles. The van der Waals surface area contributed by atoms with Crippen molar-refractivity contribution in [2.24, 2.45) is 5.92 Å². The first-order chi connectivity index (χ1) is 9.13. The van der Waals surface area contributed by atoms with E-state index in [4.69, 9.17) is 5.73 Å². The maximum absolute atomic E-state index is 6.02. The molecule has 0 saturated heterocycles. The van der Waals surface area contributed by atoms with E-state index in [1.807, 2.05) is 0 Å². The van der Waals surface area contributed by atoms with Gasteiger partial charge in [0.1, 0.15) is 18.0 Å². The van der Waals surface area contributed by atoms with Crippen molar-refractivity contribution in [1.29, 1.82) is 0 Å². The van der Waals surface area contributed by atoms with Crippen LogP contribution in [-0.2, 0) is 6.42 Å². The van der Waals surface area contributed by atoms with Gasteiger partial charge in [-0.25, -0.2) is 9.97 Å². The smallest absolute Gasteiger partial charge is 0.137 e. The molecule has 106 valence electrons. The van der Waals surface area contributed by atoms with E-state index in [-0.39, 0.29) is 0 Å². The van der Waals surface area contributed by atoms with Crippen LogP contribution >= 0.6 is 0 Å². The van der Waals surface area contributed by atoms with Gasteiger partial charge >= 0.3 is 0 Å². The van der Waals surface area contributed by atoms with Crippen LogP contribution in [0.5, 0.6) is 0 Å². The fourth-order valence-electron chi connectivity index (χ4n) is 3.14. The Morgan fingerprint density at radius 3 is 2.84 bits per heavy atom. The standard InChI is InChI=1S/C15H26N4/c1-4-6-13-14(16)17-10-18-15(13)19(3)12-8-5-7-11(2)9-12/h10-12H,4-9H2,1-3H3,(H2,16,17,18). The quantitative estimate of drug-likeness (QED) is 0.906. The Hall–Kier alpha value is -1.32. The normalized spacial score (nSPS) is 23.3. The van der Waals surface area contributed by atoms with Crippen LogP contribution in [-0.4, -0.2) is 23.1 Å². The van der Waals surface area contributed by atoms with Crippen molar-refractivity contribution in [1.82, 2.24) is 9.97 Å². The van der Waals surface area contributed by atoms with Gasteiger partial charge in [-0.3, -0.25) is 0 Å². The molecule has 1 aliphatic carbocycles. The van der Waals surface area contributed by atoms with E-state index in [9.17, 15) is 0 Å². The molecule has 1 aromatic heterocycles. The summed E-state index contributed by atoms with van der Waals surface area (Å²) in [5, 5.41) is 0. The molecule has 0 aliphatic heterocycles. The predicted molar refractivity (Wildman–Crippen MR) is 80.3 cm³/mol. The Kier molecular flexibility index (Phi) is 4.61. The number of hydrogen-bond acceptors (Lipinski definition) is 4. The molecule has 2 atom stereocenters. The molecule has 2 unspecified atom stereocenters. The minimum absolute atomic E-state index is 0.591. The van der Waals surface area contributed by atoms with E-state index in [1.165, 1.54) is 25.7 Å². The maximum atomic E-state index is 6.02. The first-order valence-electron chi connectivity index (χ1n) is 7.45. The van der Waals surface area contributed by atoms with Crippen LogP contribution in [0.15, 0.2) is 6.33 Å². The van der Waals surface area contributed by atoms with Crippen LogP contribution in [0.3, 0.4) is 0 Å². The van der Waals surface area contributed by atoms with Gasteiger partial charge in [-0.05, 0) is 25.2 Å². The number of anilines is 2. The summed E-state index contributed by atoms with van der Waals surface area (Å²) in [5.74, 6) is 2.49. The molecule has 0 aromatic carbocycles. The SMILES string of the molecule is CCCc1c(N)ncnc1N(C)C1CCCC(C)C1. The largest absolute Gasteiger partial charge is 0.383 e. The van der Waals surface area contributed by atoms with Gasteiger partial charge in [-0.2, -0.15) is 0 Å². The Bertz CT molecular complexity index is 419. The van der Waals surface area contributed by atoms with Crippen molar-refractivity contribution in [3.05, 3.63) is 11.9 Å². The summed E-state index contributed by atoms with van der Waals surface area (Å²) in [7, 11) is 2.16. The maximum Gasteiger partial charge on any atom is 0.137 e. The monoisotopic (exact) mass is 262 g/mol. The van der Waals surface area contributed by atoms with Gasteiger partial charge in [0, 0.05) is 18.7 Å². The second-order valence-corrected chi connectivity index (χ2v) is 5.85. The molecule has 1 aliphatic rings. The number of nitrogens with zero attached hydrogens (tertiary/aromatic N) is 3. The second kappa shape index (κ2) is 6.22. The van der Waals surface area contributed by atoms with Crippen molar-refractivity contribution in [3.8, 4) is 0 Å². The number of rotatable bonds is 4. The molecule has 4 nitrogen and oxygen atoms in total. The molecule has 0 spiro atoms. The minimum Gasteiger partial charge on any atom is -0.383 e. The van der Waals surface area contributed by atoms with Crippen molar-refractivity contribution < 1.29 is 0 Å². The van der Waals surface area contributed by atoms with Crippen LogP contribution < -0.4 is 10.6 Å². The lowest BCUT2D eigenvalue weighted by Crippen LogP contribution is -2.36. The zero-order chi connectivity index (χ0) is 13.8. The minimum atomic E-state index is 0.591. The van der Waals surface area contributed by atoms with Gasteiger partial charge in [0.15, 0.2) is 0 Å². The average Bonchev–Trinajstić information content (AvgIpc) is 2.40. The van der Waals surface area contributed by atoms with Gasteiger partial charge in [0.05, 0.1) is 0 Å². The fraction of sp³-hybridized carbons (Fsp3) is 0.733. The molecule has 1 saturated carbocycles. The zero-order valence-electron chi connectivity index (χ0n) is 12.4. The van der Waals surface area contributed by atoms with Crippen molar-refractivity contribution in [2.45, 2.75) is 58.4 Å².